The highest BCUT2D eigenvalue weighted by Crippen LogP contribution is 2.38. The molecule has 0 spiro atoms. The van der Waals surface area contributed by atoms with E-state index in [2.05, 4.69) is 38.0 Å². The molecule has 1 saturated carbocycles. The van der Waals surface area contributed by atoms with Gasteiger partial charge in [-0.15, -0.1) is 0 Å². The number of nitrogens with zero attached hydrogens (tertiary/aromatic N) is 1. The molecular formula is C17H34N2O. The minimum atomic E-state index is 0.464. The van der Waals surface area contributed by atoms with Gasteiger partial charge in [0.2, 0.25) is 0 Å². The van der Waals surface area contributed by atoms with E-state index in [1.807, 2.05) is 0 Å². The number of likely N-dealkylation sites (N-methyl/N-ethyl adjacent to an activating group) is 1. The summed E-state index contributed by atoms with van der Waals surface area (Å²) in [6.45, 7) is 10.4. The number of hydrogen-bond donors (Lipinski definition) is 1. The number of ether oxygens (including phenoxy) is 1. The molecule has 1 N–H and O–H groups in total. The van der Waals surface area contributed by atoms with Crippen LogP contribution in [0.5, 0.6) is 0 Å². The van der Waals surface area contributed by atoms with Crippen molar-refractivity contribution in [2.45, 2.75) is 77.5 Å². The van der Waals surface area contributed by atoms with Crippen molar-refractivity contribution in [2.24, 2.45) is 5.41 Å². The van der Waals surface area contributed by atoms with E-state index in [-0.39, 0.29) is 0 Å². The number of likely N-dealkylation sites (tertiary alicyclic amines) is 1. The normalized spacial score (nSPS) is 35.1. The fraction of sp³-hybridized carbons (Fsp3) is 1.00. The molecule has 20 heavy (non-hydrogen) atoms. The third-order valence-corrected chi connectivity index (χ3v) is 5.17. The first-order chi connectivity index (χ1) is 9.55. The second kappa shape index (κ2) is 7.24. The van der Waals surface area contributed by atoms with Crippen LogP contribution in [0.1, 0.15) is 59.3 Å². The fourth-order valence-electron chi connectivity index (χ4n) is 3.96. The Kier molecular flexibility index (Phi) is 5.88. The van der Waals surface area contributed by atoms with Gasteiger partial charge in [-0.05, 0) is 57.5 Å². The summed E-state index contributed by atoms with van der Waals surface area (Å²) < 4.78 is 6.01. The Balaban J connectivity index is 1.96. The zero-order valence-corrected chi connectivity index (χ0v) is 14.0. The predicted molar refractivity (Wildman–Crippen MR) is 85.1 cm³/mol. The van der Waals surface area contributed by atoms with Gasteiger partial charge < -0.3 is 10.1 Å². The van der Waals surface area contributed by atoms with Gasteiger partial charge in [-0.1, -0.05) is 20.8 Å². The van der Waals surface area contributed by atoms with Crippen molar-refractivity contribution >= 4 is 0 Å². The van der Waals surface area contributed by atoms with Crippen molar-refractivity contribution < 1.29 is 4.74 Å². The summed E-state index contributed by atoms with van der Waals surface area (Å²) >= 11 is 0. The summed E-state index contributed by atoms with van der Waals surface area (Å²) in [6.07, 6.45) is 8.11. The molecule has 1 aliphatic heterocycles. The number of piperidine rings is 1. The first-order valence-electron chi connectivity index (χ1n) is 8.58. The minimum Gasteiger partial charge on any atom is -0.377 e. The summed E-state index contributed by atoms with van der Waals surface area (Å²) in [5.74, 6) is 0. The first kappa shape index (κ1) is 16.3. The van der Waals surface area contributed by atoms with Crippen molar-refractivity contribution in [3.05, 3.63) is 0 Å². The monoisotopic (exact) mass is 282 g/mol. The van der Waals surface area contributed by atoms with E-state index in [0.717, 1.165) is 19.6 Å². The molecule has 3 atom stereocenters. The molecule has 3 nitrogen and oxygen atoms in total. The number of hydrogen-bond acceptors (Lipinski definition) is 3. The minimum absolute atomic E-state index is 0.464. The Labute approximate surface area is 125 Å². The molecule has 1 saturated heterocycles. The van der Waals surface area contributed by atoms with Gasteiger partial charge >= 0.3 is 0 Å². The predicted octanol–water partition coefficient (Wildman–Crippen LogP) is 3.04. The zero-order chi connectivity index (χ0) is 14.6. The molecule has 2 fully saturated rings. The third kappa shape index (κ3) is 4.19. The van der Waals surface area contributed by atoms with Crippen LogP contribution in [0, 0.1) is 5.41 Å². The molecule has 3 unspecified atom stereocenters. The lowest BCUT2D eigenvalue weighted by atomic mass is 9.72. The molecule has 2 rings (SSSR count). The standard InChI is InChI=1S/C17H34N2O/c1-5-11-20-14-7-6-10-19(13-14)16-12-17(2,3)9-8-15(16)18-4/h14-16,18H,5-13H2,1-4H3. The molecule has 1 heterocycles. The highest BCUT2D eigenvalue weighted by atomic mass is 16.5. The second-order valence-electron chi connectivity index (χ2n) is 7.50. The second-order valence-corrected chi connectivity index (χ2v) is 7.50. The topological polar surface area (TPSA) is 24.5 Å². The van der Waals surface area contributed by atoms with Gasteiger partial charge in [-0.3, -0.25) is 4.90 Å². The van der Waals surface area contributed by atoms with Gasteiger partial charge in [0.15, 0.2) is 0 Å². The van der Waals surface area contributed by atoms with E-state index in [1.54, 1.807) is 0 Å². The summed E-state index contributed by atoms with van der Waals surface area (Å²) in [5, 5.41) is 3.56. The van der Waals surface area contributed by atoms with Crippen LogP contribution in [0.25, 0.3) is 0 Å². The Morgan fingerprint density at radius 3 is 2.80 bits per heavy atom. The van der Waals surface area contributed by atoms with E-state index < -0.39 is 0 Å². The summed E-state index contributed by atoms with van der Waals surface area (Å²) in [7, 11) is 2.13. The van der Waals surface area contributed by atoms with Crippen molar-refractivity contribution in [3.63, 3.8) is 0 Å². The van der Waals surface area contributed by atoms with E-state index in [0.29, 0.717) is 23.6 Å². The maximum absolute atomic E-state index is 6.01. The Morgan fingerprint density at radius 1 is 1.30 bits per heavy atom. The van der Waals surface area contributed by atoms with Crippen molar-refractivity contribution in [1.82, 2.24) is 10.2 Å². The van der Waals surface area contributed by atoms with Gasteiger partial charge in [0.05, 0.1) is 6.10 Å². The maximum atomic E-state index is 6.01. The Morgan fingerprint density at radius 2 is 2.10 bits per heavy atom. The van der Waals surface area contributed by atoms with E-state index in [1.165, 1.54) is 38.6 Å². The highest BCUT2D eigenvalue weighted by Gasteiger charge is 2.38. The molecule has 3 heteroatoms. The highest BCUT2D eigenvalue weighted by molar-refractivity contribution is 4.95. The average molecular weight is 282 g/mol. The van der Waals surface area contributed by atoms with E-state index >= 15 is 0 Å². The molecule has 0 radical (unpaired) electrons. The zero-order valence-electron chi connectivity index (χ0n) is 14.0. The van der Waals surface area contributed by atoms with E-state index in [4.69, 9.17) is 4.74 Å². The lowest BCUT2D eigenvalue weighted by Crippen LogP contribution is -2.57. The van der Waals surface area contributed by atoms with Crippen LogP contribution in [0.3, 0.4) is 0 Å². The molecule has 0 aromatic heterocycles. The van der Waals surface area contributed by atoms with Gasteiger partial charge in [0, 0.05) is 25.2 Å². The van der Waals surface area contributed by atoms with Crippen molar-refractivity contribution in [2.75, 3.05) is 26.7 Å². The molecule has 0 aromatic rings. The Hall–Kier alpha value is -0.120. The van der Waals surface area contributed by atoms with Crippen LogP contribution in [0.2, 0.25) is 0 Å². The SMILES string of the molecule is CCCOC1CCCN(C2CC(C)(C)CCC2NC)C1. The molecule has 1 aliphatic carbocycles. The van der Waals surface area contributed by atoms with Crippen LogP contribution in [0.4, 0.5) is 0 Å². The first-order valence-corrected chi connectivity index (χ1v) is 8.58. The fourth-order valence-corrected chi connectivity index (χ4v) is 3.96. The molecule has 0 amide bonds. The van der Waals surface area contributed by atoms with Gasteiger partial charge in [-0.2, -0.15) is 0 Å². The molecule has 118 valence electrons. The third-order valence-electron chi connectivity index (χ3n) is 5.17. The van der Waals surface area contributed by atoms with Crippen LogP contribution < -0.4 is 5.32 Å². The molecule has 2 aliphatic rings. The average Bonchev–Trinajstić information content (AvgIpc) is 2.44. The summed E-state index contributed by atoms with van der Waals surface area (Å²) in [6, 6.07) is 1.35. The van der Waals surface area contributed by atoms with Crippen LogP contribution in [-0.2, 0) is 4.74 Å². The number of nitrogens with one attached hydrogen (secondary N) is 1. The van der Waals surface area contributed by atoms with Crippen LogP contribution >= 0.6 is 0 Å². The van der Waals surface area contributed by atoms with Gasteiger partial charge in [0.1, 0.15) is 0 Å². The Bertz CT molecular complexity index is 293. The molecule has 0 bridgehead atoms. The lowest BCUT2D eigenvalue weighted by molar-refractivity contribution is -0.0321. The number of rotatable bonds is 5. The van der Waals surface area contributed by atoms with Gasteiger partial charge in [-0.25, -0.2) is 0 Å². The largest absolute Gasteiger partial charge is 0.377 e. The molecule has 0 aromatic carbocycles. The molecular weight excluding hydrogens is 248 g/mol. The summed E-state index contributed by atoms with van der Waals surface area (Å²) in [5.41, 5.74) is 0.495. The van der Waals surface area contributed by atoms with Crippen LogP contribution in [0.15, 0.2) is 0 Å². The van der Waals surface area contributed by atoms with Crippen molar-refractivity contribution in [1.29, 1.82) is 0 Å². The van der Waals surface area contributed by atoms with Crippen molar-refractivity contribution in [3.8, 4) is 0 Å². The maximum Gasteiger partial charge on any atom is 0.0702 e. The van der Waals surface area contributed by atoms with E-state index in [9.17, 15) is 0 Å². The van der Waals surface area contributed by atoms with Crippen LogP contribution in [-0.4, -0.2) is 49.8 Å². The summed E-state index contributed by atoms with van der Waals surface area (Å²) in [4.78, 5) is 2.71. The quantitative estimate of drug-likeness (QED) is 0.839. The smallest absolute Gasteiger partial charge is 0.0702 e. The van der Waals surface area contributed by atoms with Gasteiger partial charge in [0.25, 0.3) is 0 Å². The lowest BCUT2D eigenvalue weighted by Gasteiger charge is -2.48.